The molecule has 1 fully saturated rings. The third kappa shape index (κ3) is 3.85. The molecule has 0 bridgehead atoms. The van der Waals surface area contributed by atoms with E-state index in [9.17, 15) is 13.2 Å². The highest BCUT2D eigenvalue weighted by atomic mass is 32.2. The third-order valence-electron chi connectivity index (χ3n) is 4.01. The molecule has 1 aromatic carbocycles. The van der Waals surface area contributed by atoms with Gasteiger partial charge in [-0.2, -0.15) is 0 Å². The van der Waals surface area contributed by atoms with Gasteiger partial charge < -0.3 is 10.5 Å². The molecule has 2 rings (SSSR count). The van der Waals surface area contributed by atoms with Crippen molar-refractivity contribution in [2.75, 3.05) is 20.7 Å². The van der Waals surface area contributed by atoms with Gasteiger partial charge in [-0.3, -0.25) is 0 Å². The summed E-state index contributed by atoms with van der Waals surface area (Å²) in [7, 11) is -0.606. The van der Waals surface area contributed by atoms with Gasteiger partial charge in [-0.15, -0.1) is 0 Å². The second-order valence-corrected chi connectivity index (χ2v) is 7.63. The molecule has 1 saturated carbocycles. The molecule has 0 spiro atoms. The maximum absolute atomic E-state index is 12.5. The van der Waals surface area contributed by atoms with Gasteiger partial charge in [0.25, 0.3) is 0 Å². The first-order valence-electron chi connectivity index (χ1n) is 7.22. The van der Waals surface area contributed by atoms with Gasteiger partial charge in [0.1, 0.15) is 0 Å². The Labute approximate surface area is 131 Å². The maximum atomic E-state index is 12.5. The number of esters is 1. The molecule has 2 N–H and O–H groups in total. The molecule has 6 nitrogen and oxygen atoms in total. The number of rotatable bonds is 7. The summed E-state index contributed by atoms with van der Waals surface area (Å²) in [4.78, 5) is 11.5. The number of ether oxygens (including phenoxy) is 1. The Morgan fingerprint density at radius 3 is 2.68 bits per heavy atom. The van der Waals surface area contributed by atoms with E-state index in [4.69, 9.17) is 5.73 Å². The number of carbonyl (C=O) groups is 1. The van der Waals surface area contributed by atoms with E-state index < -0.39 is 16.0 Å². The van der Waals surface area contributed by atoms with Gasteiger partial charge in [0.05, 0.1) is 18.4 Å². The number of carbonyl (C=O) groups excluding carboxylic acids is 1. The summed E-state index contributed by atoms with van der Waals surface area (Å²) in [6, 6.07) is 6.34. The first-order chi connectivity index (χ1) is 10.4. The molecule has 122 valence electrons. The van der Waals surface area contributed by atoms with E-state index in [0.29, 0.717) is 23.6 Å². The van der Waals surface area contributed by atoms with Crippen LogP contribution < -0.4 is 5.73 Å². The van der Waals surface area contributed by atoms with Crippen molar-refractivity contribution < 1.29 is 17.9 Å². The molecule has 0 aromatic heterocycles. The summed E-state index contributed by atoms with van der Waals surface area (Å²) in [5.41, 5.74) is 6.62. The maximum Gasteiger partial charge on any atom is 0.337 e. The number of methoxy groups -OCH3 is 1. The average molecular weight is 326 g/mol. The normalized spacial score (nSPS) is 16.5. The van der Waals surface area contributed by atoms with Crippen molar-refractivity contribution in [3.63, 3.8) is 0 Å². The number of benzene rings is 1. The molecular weight excluding hydrogens is 304 g/mol. The number of hydrogen-bond acceptors (Lipinski definition) is 5. The minimum absolute atomic E-state index is 0.145. The lowest BCUT2D eigenvalue weighted by Crippen LogP contribution is -2.43. The average Bonchev–Trinajstić information content (AvgIpc) is 3.31. The van der Waals surface area contributed by atoms with Gasteiger partial charge in [0, 0.05) is 19.6 Å². The summed E-state index contributed by atoms with van der Waals surface area (Å²) in [5.74, 6) is -0.269. The molecule has 0 radical (unpaired) electrons. The van der Waals surface area contributed by atoms with Crippen molar-refractivity contribution in [1.29, 1.82) is 0 Å². The van der Waals surface area contributed by atoms with Crippen LogP contribution in [0.25, 0.3) is 0 Å². The van der Waals surface area contributed by atoms with Gasteiger partial charge in [0.15, 0.2) is 0 Å². The van der Waals surface area contributed by atoms with Crippen molar-refractivity contribution in [3.8, 4) is 0 Å². The Kier molecular flexibility index (Phi) is 5.20. The highest BCUT2D eigenvalue weighted by Gasteiger charge is 2.37. The van der Waals surface area contributed by atoms with Gasteiger partial charge in [-0.05, 0) is 36.5 Å². The van der Waals surface area contributed by atoms with Crippen molar-refractivity contribution in [2.24, 2.45) is 11.7 Å². The molecule has 0 amide bonds. The highest BCUT2D eigenvalue weighted by molar-refractivity contribution is 7.88. The molecule has 7 heteroatoms. The van der Waals surface area contributed by atoms with Crippen LogP contribution in [0, 0.1) is 5.92 Å². The fourth-order valence-electron chi connectivity index (χ4n) is 2.54. The monoisotopic (exact) mass is 326 g/mol. The first-order valence-corrected chi connectivity index (χ1v) is 8.83. The predicted molar refractivity (Wildman–Crippen MR) is 83.7 cm³/mol. The third-order valence-corrected chi connectivity index (χ3v) is 5.86. The van der Waals surface area contributed by atoms with Crippen LogP contribution in [0.1, 0.15) is 28.8 Å². The van der Waals surface area contributed by atoms with Crippen LogP contribution in [0.3, 0.4) is 0 Å². The quantitative estimate of drug-likeness (QED) is 0.754. The zero-order chi connectivity index (χ0) is 16.3. The molecule has 1 unspecified atom stereocenters. The largest absolute Gasteiger partial charge is 0.465 e. The van der Waals surface area contributed by atoms with Gasteiger partial charge in [-0.25, -0.2) is 17.5 Å². The molecule has 1 aliphatic rings. The van der Waals surface area contributed by atoms with Crippen LogP contribution in [0.2, 0.25) is 0 Å². The minimum Gasteiger partial charge on any atom is -0.465 e. The number of hydrogen-bond donors (Lipinski definition) is 1. The topological polar surface area (TPSA) is 89.7 Å². The number of likely N-dealkylation sites (N-methyl/N-ethyl adjacent to an activating group) is 1. The summed E-state index contributed by atoms with van der Waals surface area (Å²) < 4.78 is 31.1. The lowest BCUT2D eigenvalue weighted by atomic mass is 10.1. The summed E-state index contributed by atoms with van der Waals surface area (Å²) in [6.07, 6.45) is 2.05. The Morgan fingerprint density at radius 1 is 1.45 bits per heavy atom. The molecule has 1 aliphatic carbocycles. The Hall–Kier alpha value is -1.44. The van der Waals surface area contributed by atoms with E-state index in [1.54, 1.807) is 31.3 Å². The van der Waals surface area contributed by atoms with Crippen LogP contribution in [0.5, 0.6) is 0 Å². The van der Waals surface area contributed by atoms with Crippen LogP contribution in [-0.2, 0) is 20.5 Å². The summed E-state index contributed by atoms with van der Waals surface area (Å²) in [6.45, 7) is 0.322. The molecule has 22 heavy (non-hydrogen) atoms. The van der Waals surface area contributed by atoms with E-state index in [-0.39, 0.29) is 11.8 Å². The summed E-state index contributed by atoms with van der Waals surface area (Å²) in [5, 5.41) is 0. The number of nitrogens with two attached hydrogens (primary N) is 1. The smallest absolute Gasteiger partial charge is 0.337 e. The van der Waals surface area contributed by atoms with Gasteiger partial charge in [0.2, 0.25) is 10.0 Å². The van der Waals surface area contributed by atoms with Crippen LogP contribution in [0.15, 0.2) is 24.3 Å². The lowest BCUT2D eigenvalue weighted by molar-refractivity contribution is 0.0600. The van der Waals surface area contributed by atoms with Crippen LogP contribution in [-0.4, -0.2) is 45.4 Å². The SMILES string of the molecule is COC(=O)c1cccc(CS(=O)(=O)N(C)C(CN)C2CC2)c1. The van der Waals surface area contributed by atoms with E-state index in [1.165, 1.54) is 11.4 Å². The number of sulfonamides is 1. The molecule has 0 heterocycles. The van der Waals surface area contributed by atoms with Crippen LogP contribution >= 0.6 is 0 Å². The van der Waals surface area contributed by atoms with E-state index in [0.717, 1.165) is 12.8 Å². The van der Waals surface area contributed by atoms with E-state index >= 15 is 0 Å². The predicted octanol–water partition coefficient (Wildman–Crippen LogP) is 0.972. The standard InChI is InChI=1S/C15H22N2O4S/c1-17(14(9-16)12-6-7-12)22(19,20)10-11-4-3-5-13(8-11)15(18)21-2/h3-5,8,12,14H,6-7,9-10,16H2,1-2H3. The number of nitrogens with zero attached hydrogens (tertiary/aromatic N) is 1. The van der Waals surface area contributed by atoms with Gasteiger partial charge in [-0.1, -0.05) is 12.1 Å². The van der Waals surface area contributed by atoms with Crippen molar-refractivity contribution in [1.82, 2.24) is 4.31 Å². The minimum atomic E-state index is -3.48. The zero-order valence-corrected chi connectivity index (χ0v) is 13.7. The fraction of sp³-hybridized carbons (Fsp3) is 0.533. The second kappa shape index (κ2) is 6.76. The molecule has 1 atom stereocenters. The van der Waals surface area contributed by atoms with Crippen molar-refractivity contribution >= 4 is 16.0 Å². The lowest BCUT2D eigenvalue weighted by Gasteiger charge is -2.26. The van der Waals surface area contributed by atoms with Crippen LogP contribution in [0.4, 0.5) is 0 Å². The fourth-order valence-corrected chi connectivity index (χ4v) is 4.02. The van der Waals surface area contributed by atoms with Crippen molar-refractivity contribution in [2.45, 2.75) is 24.6 Å². The second-order valence-electron chi connectivity index (χ2n) is 5.60. The van der Waals surface area contributed by atoms with Gasteiger partial charge >= 0.3 is 5.97 Å². The van der Waals surface area contributed by atoms with Crippen molar-refractivity contribution in [3.05, 3.63) is 35.4 Å². The Morgan fingerprint density at radius 2 is 2.14 bits per heavy atom. The molecular formula is C15H22N2O4S. The molecule has 0 aliphatic heterocycles. The Bertz CT molecular complexity index is 641. The molecule has 1 aromatic rings. The first kappa shape index (κ1) is 16.9. The zero-order valence-electron chi connectivity index (χ0n) is 12.9. The highest BCUT2D eigenvalue weighted by Crippen LogP contribution is 2.35. The summed E-state index contributed by atoms with van der Waals surface area (Å²) >= 11 is 0. The van der Waals surface area contributed by atoms with E-state index in [1.807, 2.05) is 0 Å². The van der Waals surface area contributed by atoms with E-state index in [2.05, 4.69) is 4.74 Å². The Balaban J connectivity index is 2.16. The molecule has 0 saturated heterocycles.